The van der Waals surface area contributed by atoms with E-state index in [1.807, 2.05) is 33.4 Å². The molecule has 0 atom stereocenters. The number of anilines is 1. The quantitative estimate of drug-likeness (QED) is 0.801. The second kappa shape index (κ2) is 9.13. The minimum atomic E-state index is 0. The Bertz CT molecular complexity index is 849. The van der Waals surface area contributed by atoms with Crippen LogP contribution in [0, 0.1) is 5.41 Å². The fourth-order valence-electron chi connectivity index (χ4n) is 4.33. The largest absolute Gasteiger partial charge is 0.397 e. The van der Waals surface area contributed by atoms with Crippen molar-refractivity contribution in [2.45, 2.75) is 32.1 Å². The minimum absolute atomic E-state index is 0. The molecule has 2 N–H and O–H groups in total. The summed E-state index contributed by atoms with van der Waals surface area (Å²) in [5.41, 5.74) is 7.63. The number of amides is 2. The standard InChI is InChI=1S/C21H26N4O2S.ClH/c22-17-6-14-28-19(17)20(27)24-12-8-21(9-13-24)7-4-18(26)25(15-21)11-5-16-3-1-2-10-23-16;/h1-3,6,10,14H,4-5,7-9,11-13,15,22H2;1H. The van der Waals surface area contributed by atoms with Crippen LogP contribution in [-0.2, 0) is 11.2 Å². The van der Waals surface area contributed by atoms with E-state index in [0.29, 0.717) is 23.5 Å². The zero-order valence-corrected chi connectivity index (χ0v) is 18.0. The van der Waals surface area contributed by atoms with Crippen molar-refractivity contribution in [3.63, 3.8) is 0 Å². The number of piperidine rings is 2. The second-order valence-corrected chi connectivity index (χ2v) is 8.80. The second-order valence-electron chi connectivity index (χ2n) is 7.88. The number of hydrogen-bond donors (Lipinski definition) is 1. The minimum Gasteiger partial charge on any atom is -0.397 e. The molecule has 0 aliphatic carbocycles. The van der Waals surface area contributed by atoms with Crippen molar-refractivity contribution in [1.82, 2.24) is 14.8 Å². The third kappa shape index (κ3) is 4.73. The van der Waals surface area contributed by atoms with Gasteiger partial charge in [0.25, 0.3) is 5.91 Å². The molecule has 2 aliphatic rings. The molecule has 29 heavy (non-hydrogen) atoms. The van der Waals surface area contributed by atoms with Gasteiger partial charge in [0.1, 0.15) is 4.88 Å². The number of aromatic nitrogens is 1. The number of rotatable bonds is 4. The maximum atomic E-state index is 12.7. The van der Waals surface area contributed by atoms with Gasteiger partial charge in [-0.05, 0) is 48.3 Å². The van der Waals surface area contributed by atoms with Crippen LogP contribution >= 0.6 is 23.7 Å². The number of nitrogens with zero attached hydrogens (tertiary/aromatic N) is 3. The van der Waals surface area contributed by atoms with Crippen LogP contribution in [0.5, 0.6) is 0 Å². The molecule has 2 aromatic rings. The summed E-state index contributed by atoms with van der Waals surface area (Å²) in [6.45, 7) is 2.98. The van der Waals surface area contributed by atoms with Gasteiger partial charge in [0.2, 0.25) is 5.91 Å². The van der Waals surface area contributed by atoms with Crippen molar-refractivity contribution in [3.05, 3.63) is 46.4 Å². The molecule has 4 heterocycles. The zero-order chi connectivity index (χ0) is 19.6. The maximum Gasteiger partial charge on any atom is 0.266 e. The molecule has 0 radical (unpaired) electrons. The summed E-state index contributed by atoms with van der Waals surface area (Å²) in [7, 11) is 0. The number of thiophene rings is 1. The highest BCUT2D eigenvalue weighted by atomic mass is 35.5. The topological polar surface area (TPSA) is 79.5 Å². The van der Waals surface area contributed by atoms with E-state index < -0.39 is 0 Å². The van der Waals surface area contributed by atoms with Crippen LogP contribution < -0.4 is 5.73 Å². The van der Waals surface area contributed by atoms with Crippen LogP contribution in [0.15, 0.2) is 35.8 Å². The van der Waals surface area contributed by atoms with E-state index in [1.165, 1.54) is 11.3 Å². The van der Waals surface area contributed by atoms with E-state index >= 15 is 0 Å². The Kier molecular flexibility index (Phi) is 6.80. The molecule has 2 aliphatic heterocycles. The summed E-state index contributed by atoms with van der Waals surface area (Å²) in [5, 5.41) is 1.86. The summed E-state index contributed by atoms with van der Waals surface area (Å²) in [4.78, 5) is 34.1. The summed E-state index contributed by atoms with van der Waals surface area (Å²) in [5.74, 6) is 0.285. The van der Waals surface area contributed by atoms with Gasteiger partial charge in [-0.25, -0.2) is 0 Å². The molecule has 0 saturated carbocycles. The van der Waals surface area contributed by atoms with E-state index in [2.05, 4.69) is 4.98 Å². The average Bonchev–Trinajstić information content (AvgIpc) is 3.16. The number of carbonyl (C=O) groups is 2. The van der Waals surface area contributed by atoms with Crippen molar-refractivity contribution in [2.75, 3.05) is 31.9 Å². The van der Waals surface area contributed by atoms with Crippen LogP contribution in [0.3, 0.4) is 0 Å². The fourth-order valence-corrected chi connectivity index (χ4v) is 5.12. The number of nitrogens with two attached hydrogens (primary N) is 1. The molecule has 8 heteroatoms. The summed E-state index contributed by atoms with van der Waals surface area (Å²) in [6.07, 6.45) is 5.99. The van der Waals surface area contributed by atoms with Crippen molar-refractivity contribution in [2.24, 2.45) is 5.41 Å². The predicted molar refractivity (Wildman–Crippen MR) is 117 cm³/mol. The van der Waals surface area contributed by atoms with E-state index in [-0.39, 0.29) is 29.6 Å². The highest BCUT2D eigenvalue weighted by Gasteiger charge is 2.41. The Labute approximate surface area is 181 Å². The highest BCUT2D eigenvalue weighted by Crippen LogP contribution is 2.40. The molecule has 1 spiro atoms. The Morgan fingerprint density at radius 2 is 2.00 bits per heavy atom. The first-order chi connectivity index (χ1) is 13.6. The number of carbonyl (C=O) groups excluding carboxylic acids is 2. The molecule has 4 rings (SSSR count). The number of halogens is 1. The van der Waals surface area contributed by atoms with Crippen molar-refractivity contribution in [3.8, 4) is 0 Å². The third-order valence-corrected chi connectivity index (χ3v) is 7.03. The Morgan fingerprint density at radius 3 is 2.66 bits per heavy atom. The lowest BCUT2D eigenvalue weighted by atomic mass is 9.72. The Morgan fingerprint density at radius 1 is 1.21 bits per heavy atom. The van der Waals surface area contributed by atoms with Crippen LogP contribution in [0.2, 0.25) is 0 Å². The smallest absolute Gasteiger partial charge is 0.266 e. The first kappa shape index (κ1) is 21.6. The molecule has 0 unspecified atom stereocenters. The predicted octanol–water partition coefficient (Wildman–Crippen LogP) is 3.23. The van der Waals surface area contributed by atoms with Gasteiger partial charge in [-0.1, -0.05) is 6.07 Å². The lowest BCUT2D eigenvalue weighted by molar-refractivity contribution is -0.138. The van der Waals surface area contributed by atoms with Crippen molar-refractivity contribution in [1.29, 1.82) is 0 Å². The summed E-state index contributed by atoms with van der Waals surface area (Å²) in [6, 6.07) is 7.68. The van der Waals surface area contributed by atoms with Gasteiger partial charge in [-0.2, -0.15) is 0 Å². The molecular weight excluding hydrogens is 408 g/mol. The van der Waals surface area contributed by atoms with Gasteiger partial charge >= 0.3 is 0 Å². The fraction of sp³-hybridized carbons (Fsp3) is 0.476. The Balaban J connectivity index is 0.00000240. The first-order valence-electron chi connectivity index (χ1n) is 9.86. The Hall–Kier alpha value is -2.12. The van der Waals surface area contributed by atoms with Gasteiger partial charge in [0.15, 0.2) is 0 Å². The number of pyridine rings is 1. The summed E-state index contributed by atoms with van der Waals surface area (Å²) >= 11 is 1.41. The van der Waals surface area contributed by atoms with Crippen molar-refractivity contribution < 1.29 is 9.59 Å². The molecule has 6 nitrogen and oxygen atoms in total. The van der Waals surface area contributed by atoms with Crippen LogP contribution in [0.1, 0.15) is 41.0 Å². The lowest BCUT2D eigenvalue weighted by Gasteiger charge is -2.47. The number of nitrogen functional groups attached to an aromatic ring is 1. The van der Waals surface area contributed by atoms with E-state index in [0.717, 1.165) is 51.0 Å². The van der Waals surface area contributed by atoms with Crippen LogP contribution in [0.25, 0.3) is 0 Å². The number of hydrogen-bond acceptors (Lipinski definition) is 5. The van der Waals surface area contributed by atoms with Gasteiger partial charge in [-0.3, -0.25) is 14.6 Å². The van der Waals surface area contributed by atoms with E-state index in [1.54, 1.807) is 12.3 Å². The molecule has 0 bridgehead atoms. The zero-order valence-electron chi connectivity index (χ0n) is 16.4. The molecule has 2 fully saturated rings. The number of likely N-dealkylation sites (tertiary alicyclic amines) is 2. The average molecular weight is 435 g/mol. The van der Waals surface area contributed by atoms with Crippen LogP contribution in [-0.4, -0.2) is 52.8 Å². The highest BCUT2D eigenvalue weighted by molar-refractivity contribution is 7.12. The van der Waals surface area contributed by atoms with E-state index in [9.17, 15) is 9.59 Å². The van der Waals surface area contributed by atoms with Gasteiger partial charge in [-0.15, -0.1) is 23.7 Å². The molecule has 2 saturated heterocycles. The molecule has 2 amide bonds. The molecule has 2 aromatic heterocycles. The van der Waals surface area contributed by atoms with Gasteiger partial charge < -0.3 is 15.5 Å². The van der Waals surface area contributed by atoms with E-state index in [4.69, 9.17) is 5.73 Å². The van der Waals surface area contributed by atoms with Crippen molar-refractivity contribution >= 4 is 41.2 Å². The lowest BCUT2D eigenvalue weighted by Crippen LogP contribution is -2.52. The molecule has 0 aromatic carbocycles. The normalized spacial score (nSPS) is 18.6. The third-order valence-electron chi connectivity index (χ3n) is 6.11. The molecule has 156 valence electrons. The first-order valence-corrected chi connectivity index (χ1v) is 10.7. The van der Waals surface area contributed by atoms with Gasteiger partial charge in [0.05, 0.1) is 5.69 Å². The summed E-state index contributed by atoms with van der Waals surface area (Å²) < 4.78 is 0. The SMILES string of the molecule is Cl.Nc1ccsc1C(=O)N1CCC2(CCC(=O)N(CCc3ccccn3)C2)CC1. The monoisotopic (exact) mass is 434 g/mol. The van der Waals surface area contributed by atoms with Gasteiger partial charge in [0, 0.05) is 50.9 Å². The van der Waals surface area contributed by atoms with Crippen LogP contribution in [0.4, 0.5) is 5.69 Å². The maximum absolute atomic E-state index is 12.7. The molecular formula is C21H27ClN4O2S.